The van der Waals surface area contributed by atoms with Crippen LogP contribution in [0.2, 0.25) is 0 Å². The summed E-state index contributed by atoms with van der Waals surface area (Å²) in [6.45, 7) is 3.01. The average Bonchev–Trinajstić information content (AvgIpc) is 2.49. The number of benzene rings is 1. The van der Waals surface area contributed by atoms with Crippen molar-refractivity contribution in [2.75, 3.05) is 13.1 Å². The molecule has 1 aromatic rings. The maximum absolute atomic E-state index is 12.6. The molecule has 0 unspecified atom stereocenters. The summed E-state index contributed by atoms with van der Waals surface area (Å²) in [7, 11) is 0. The molecular weight excluding hydrogens is 254 g/mol. The fourth-order valence-corrected chi connectivity index (χ4v) is 2.84. The van der Waals surface area contributed by atoms with E-state index in [9.17, 15) is 9.59 Å². The number of carbonyl (C=O) groups is 2. The number of nitrogens with zero attached hydrogens (tertiary/aromatic N) is 1. The molecule has 20 heavy (non-hydrogen) atoms. The quantitative estimate of drug-likeness (QED) is 0.918. The Labute approximate surface area is 119 Å². The average molecular weight is 275 g/mol. The van der Waals surface area contributed by atoms with Gasteiger partial charge in [0.05, 0.1) is 11.8 Å². The second-order valence-corrected chi connectivity index (χ2v) is 5.33. The van der Waals surface area contributed by atoms with Crippen LogP contribution in [-0.2, 0) is 9.59 Å². The van der Waals surface area contributed by atoms with E-state index in [1.165, 1.54) is 0 Å². The lowest BCUT2D eigenvalue weighted by Gasteiger charge is -2.33. The van der Waals surface area contributed by atoms with Gasteiger partial charge in [0.1, 0.15) is 0 Å². The molecule has 4 nitrogen and oxygen atoms in total. The fraction of sp³-hybridized carbons (Fsp3) is 0.500. The predicted octanol–water partition coefficient (Wildman–Crippen LogP) is 2.50. The third-order valence-corrected chi connectivity index (χ3v) is 3.99. The molecule has 2 rings (SSSR count). The van der Waals surface area contributed by atoms with Gasteiger partial charge in [-0.15, -0.1) is 0 Å². The minimum Gasteiger partial charge on any atom is -0.481 e. The van der Waals surface area contributed by atoms with Crippen molar-refractivity contribution in [1.82, 2.24) is 4.90 Å². The lowest BCUT2D eigenvalue weighted by Crippen LogP contribution is -2.44. The van der Waals surface area contributed by atoms with Crippen LogP contribution in [0.4, 0.5) is 0 Å². The lowest BCUT2D eigenvalue weighted by atomic mass is 9.92. The Morgan fingerprint density at radius 1 is 1.35 bits per heavy atom. The summed E-state index contributed by atoms with van der Waals surface area (Å²) in [5.74, 6) is -1.32. The SMILES string of the molecule is CC[C@@H](C(=O)N1CCC[C@H](C(=O)O)C1)c1ccccc1. The van der Waals surface area contributed by atoms with E-state index in [0.29, 0.717) is 19.5 Å². The normalized spacial score (nSPS) is 20.4. The first kappa shape index (κ1) is 14.6. The van der Waals surface area contributed by atoms with E-state index in [1.807, 2.05) is 37.3 Å². The van der Waals surface area contributed by atoms with Gasteiger partial charge >= 0.3 is 5.97 Å². The van der Waals surface area contributed by atoms with Gasteiger partial charge in [0.2, 0.25) is 5.91 Å². The van der Waals surface area contributed by atoms with E-state index in [0.717, 1.165) is 18.4 Å². The molecule has 1 aromatic carbocycles. The minimum absolute atomic E-state index is 0.0599. The number of aliphatic carboxylic acids is 1. The van der Waals surface area contributed by atoms with Gasteiger partial charge in [-0.1, -0.05) is 37.3 Å². The Balaban J connectivity index is 2.11. The number of carboxylic acids is 1. The molecule has 1 saturated heterocycles. The zero-order valence-electron chi connectivity index (χ0n) is 11.8. The van der Waals surface area contributed by atoms with Gasteiger partial charge < -0.3 is 10.0 Å². The van der Waals surface area contributed by atoms with Gasteiger partial charge in [0, 0.05) is 13.1 Å². The third kappa shape index (κ3) is 3.18. The van der Waals surface area contributed by atoms with E-state index < -0.39 is 11.9 Å². The summed E-state index contributed by atoms with van der Waals surface area (Å²) < 4.78 is 0. The van der Waals surface area contributed by atoms with Crippen LogP contribution in [0.5, 0.6) is 0 Å². The first-order valence-corrected chi connectivity index (χ1v) is 7.20. The maximum Gasteiger partial charge on any atom is 0.308 e. The van der Waals surface area contributed by atoms with Gasteiger partial charge in [-0.2, -0.15) is 0 Å². The van der Waals surface area contributed by atoms with Crippen molar-refractivity contribution in [3.8, 4) is 0 Å². The smallest absolute Gasteiger partial charge is 0.308 e. The molecule has 108 valence electrons. The predicted molar refractivity (Wildman–Crippen MR) is 76.4 cm³/mol. The number of hydrogen-bond acceptors (Lipinski definition) is 2. The van der Waals surface area contributed by atoms with E-state index in [1.54, 1.807) is 4.90 Å². The highest BCUT2D eigenvalue weighted by atomic mass is 16.4. The molecule has 0 bridgehead atoms. The van der Waals surface area contributed by atoms with E-state index in [4.69, 9.17) is 5.11 Å². The highest BCUT2D eigenvalue weighted by molar-refractivity contribution is 5.84. The highest BCUT2D eigenvalue weighted by Crippen LogP contribution is 2.25. The summed E-state index contributed by atoms with van der Waals surface area (Å²) in [5, 5.41) is 9.11. The fourth-order valence-electron chi connectivity index (χ4n) is 2.84. The zero-order valence-corrected chi connectivity index (χ0v) is 11.8. The monoisotopic (exact) mass is 275 g/mol. The number of rotatable bonds is 4. The van der Waals surface area contributed by atoms with Gasteiger partial charge in [0.25, 0.3) is 0 Å². The Bertz CT molecular complexity index is 472. The van der Waals surface area contributed by atoms with Crippen molar-refractivity contribution in [2.45, 2.75) is 32.1 Å². The largest absolute Gasteiger partial charge is 0.481 e. The van der Waals surface area contributed by atoms with E-state index in [2.05, 4.69) is 0 Å². The lowest BCUT2D eigenvalue weighted by molar-refractivity contribution is -0.146. The molecule has 0 radical (unpaired) electrons. The van der Waals surface area contributed by atoms with Crippen molar-refractivity contribution < 1.29 is 14.7 Å². The van der Waals surface area contributed by atoms with Gasteiger partial charge in [0.15, 0.2) is 0 Å². The molecule has 0 saturated carbocycles. The first-order chi connectivity index (χ1) is 9.63. The van der Waals surface area contributed by atoms with Crippen LogP contribution in [0.3, 0.4) is 0 Å². The van der Waals surface area contributed by atoms with Crippen molar-refractivity contribution in [1.29, 1.82) is 0 Å². The molecular formula is C16H21NO3. The first-order valence-electron chi connectivity index (χ1n) is 7.20. The van der Waals surface area contributed by atoms with Gasteiger partial charge in [-0.25, -0.2) is 0 Å². The molecule has 0 spiro atoms. The van der Waals surface area contributed by atoms with Crippen LogP contribution < -0.4 is 0 Å². The topological polar surface area (TPSA) is 57.6 Å². The molecule has 0 aliphatic carbocycles. The molecule has 1 aliphatic heterocycles. The van der Waals surface area contributed by atoms with Crippen LogP contribution >= 0.6 is 0 Å². The van der Waals surface area contributed by atoms with Crippen LogP contribution in [0.25, 0.3) is 0 Å². The zero-order chi connectivity index (χ0) is 14.5. The molecule has 1 aliphatic rings. The molecule has 0 aromatic heterocycles. The number of likely N-dealkylation sites (tertiary alicyclic amines) is 1. The Morgan fingerprint density at radius 2 is 2.05 bits per heavy atom. The molecule has 1 heterocycles. The summed E-state index contributed by atoms with van der Waals surface area (Å²) in [4.78, 5) is 25.5. The van der Waals surface area contributed by atoms with E-state index in [-0.39, 0.29) is 11.8 Å². The molecule has 1 N–H and O–H groups in total. The molecule has 4 heteroatoms. The second-order valence-electron chi connectivity index (χ2n) is 5.33. The molecule has 1 amide bonds. The number of hydrogen-bond donors (Lipinski definition) is 1. The van der Waals surface area contributed by atoms with Crippen molar-refractivity contribution in [3.05, 3.63) is 35.9 Å². The van der Waals surface area contributed by atoms with Gasteiger partial charge in [-0.3, -0.25) is 9.59 Å². The summed E-state index contributed by atoms with van der Waals surface area (Å²) >= 11 is 0. The summed E-state index contributed by atoms with van der Waals surface area (Å²) in [6, 6.07) is 9.72. The van der Waals surface area contributed by atoms with Crippen molar-refractivity contribution in [2.24, 2.45) is 5.92 Å². The second kappa shape index (κ2) is 6.55. The van der Waals surface area contributed by atoms with Crippen molar-refractivity contribution >= 4 is 11.9 Å². The Morgan fingerprint density at radius 3 is 2.65 bits per heavy atom. The molecule has 1 fully saturated rings. The van der Waals surface area contributed by atoms with Gasteiger partial charge in [-0.05, 0) is 24.8 Å². The van der Waals surface area contributed by atoms with Crippen LogP contribution in [0, 0.1) is 5.92 Å². The van der Waals surface area contributed by atoms with E-state index >= 15 is 0 Å². The minimum atomic E-state index is -0.796. The molecule has 2 atom stereocenters. The Kier molecular flexibility index (Phi) is 4.77. The Hall–Kier alpha value is -1.84. The van der Waals surface area contributed by atoms with Crippen LogP contribution in [-0.4, -0.2) is 35.0 Å². The van der Waals surface area contributed by atoms with Crippen LogP contribution in [0.15, 0.2) is 30.3 Å². The standard InChI is InChI=1S/C16H21NO3/c1-2-14(12-7-4-3-5-8-12)15(18)17-10-6-9-13(11-17)16(19)20/h3-5,7-8,13-14H,2,6,9-11H2,1H3,(H,19,20)/t13-,14+/m0/s1. The maximum atomic E-state index is 12.6. The number of carbonyl (C=O) groups excluding carboxylic acids is 1. The highest BCUT2D eigenvalue weighted by Gasteiger charge is 2.31. The summed E-state index contributed by atoms with van der Waals surface area (Å²) in [6.07, 6.45) is 2.17. The third-order valence-electron chi connectivity index (χ3n) is 3.99. The van der Waals surface area contributed by atoms with Crippen LogP contribution in [0.1, 0.15) is 37.7 Å². The number of amides is 1. The number of piperidine rings is 1. The number of carboxylic acid groups (broad SMARTS) is 1. The van der Waals surface area contributed by atoms with Crippen molar-refractivity contribution in [3.63, 3.8) is 0 Å². The summed E-state index contributed by atoms with van der Waals surface area (Å²) in [5.41, 5.74) is 1.01.